The van der Waals surface area contributed by atoms with Crippen molar-refractivity contribution in [1.82, 2.24) is 9.97 Å². The van der Waals surface area contributed by atoms with E-state index < -0.39 is 6.09 Å². The lowest BCUT2D eigenvalue weighted by Crippen LogP contribution is -2.18. The number of benzene rings is 3. The monoisotopic (exact) mass is 449 g/mol. The van der Waals surface area contributed by atoms with Crippen molar-refractivity contribution in [1.29, 1.82) is 0 Å². The fourth-order valence-electron chi connectivity index (χ4n) is 2.95. The molecule has 1 amide bonds. The molecule has 0 radical (unpaired) electrons. The summed E-state index contributed by atoms with van der Waals surface area (Å²) in [6.45, 7) is 0. The van der Waals surface area contributed by atoms with Gasteiger partial charge in [0.1, 0.15) is 17.2 Å². The van der Waals surface area contributed by atoms with Crippen molar-refractivity contribution in [2.24, 2.45) is 0 Å². The molecule has 4 aromatic rings. The Labute approximate surface area is 188 Å². The largest absolute Gasteiger partial charge is 0.497 e. The zero-order valence-corrected chi connectivity index (χ0v) is 17.7. The van der Waals surface area contributed by atoms with Crippen LogP contribution in [0.3, 0.4) is 0 Å². The normalized spacial score (nSPS) is 10.4. The number of fused-ring (bicyclic) bond motifs is 1. The molecule has 10 heteroatoms. The predicted octanol–water partition coefficient (Wildman–Crippen LogP) is 5.26. The average molecular weight is 449 g/mol. The number of hydrogen-bond acceptors (Lipinski definition) is 5. The van der Waals surface area contributed by atoms with Gasteiger partial charge in [-0.05, 0) is 60.7 Å². The van der Waals surface area contributed by atoms with Gasteiger partial charge in [-0.15, -0.1) is 0 Å². The van der Waals surface area contributed by atoms with Crippen LogP contribution in [0.15, 0.2) is 66.7 Å². The number of anilines is 3. The van der Waals surface area contributed by atoms with Gasteiger partial charge in [-0.2, -0.15) is 0 Å². The van der Waals surface area contributed by atoms with E-state index in [1.165, 1.54) is 0 Å². The quantitative estimate of drug-likeness (QED) is 0.253. The molecule has 162 valence electrons. The van der Waals surface area contributed by atoms with E-state index in [0.29, 0.717) is 27.6 Å². The molecule has 0 bridgehead atoms. The molecular formula is C22H19N5O4S. The number of hydrogen-bond donors (Lipinski definition) is 5. The summed E-state index contributed by atoms with van der Waals surface area (Å²) in [4.78, 5) is 17.8. The zero-order valence-electron chi connectivity index (χ0n) is 16.9. The first-order valence-electron chi connectivity index (χ1n) is 9.48. The minimum Gasteiger partial charge on any atom is -0.497 e. The Morgan fingerprint density at radius 2 is 1.69 bits per heavy atom. The smallest absolute Gasteiger partial charge is 0.411 e. The predicted molar refractivity (Wildman–Crippen MR) is 127 cm³/mol. The van der Waals surface area contributed by atoms with Crippen LogP contribution in [0.5, 0.6) is 17.2 Å². The van der Waals surface area contributed by atoms with Gasteiger partial charge in [0, 0.05) is 23.5 Å². The van der Waals surface area contributed by atoms with Crippen LogP contribution in [0.1, 0.15) is 0 Å². The molecule has 3 aromatic carbocycles. The van der Waals surface area contributed by atoms with Gasteiger partial charge >= 0.3 is 6.09 Å². The second kappa shape index (κ2) is 9.23. The highest BCUT2D eigenvalue weighted by Crippen LogP contribution is 2.26. The van der Waals surface area contributed by atoms with E-state index >= 15 is 0 Å². The third-order valence-electron chi connectivity index (χ3n) is 4.36. The van der Waals surface area contributed by atoms with E-state index in [4.69, 9.17) is 26.8 Å². The van der Waals surface area contributed by atoms with E-state index in [9.17, 15) is 4.79 Å². The molecule has 0 saturated carbocycles. The molecule has 32 heavy (non-hydrogen) atoms. The van der Waals surface area contributed by atoms with E-state index in [1.807, 2.05) is 48.5 Å². The van der Waals surface area contributed by atoms with Gasteiger partial charge in [0.15, 0.2) is 5.11 Å². The summed E-state index contributed by atoms with van der Waals surface area (Å²) in [6, 6.07) is 20.0. The Bertz CT molecular complexity index is 1270. The maximum atomic E-state index is 10.7. The number of aromatic nitrogens is 2. The molecule has 0 aliphatic rings. The van der Waals surface area contributed by atoms with Crippen LogP contribution in [-0.2, 0) is 0 Å². The molecule has 0 saturated heterocycles. The summed E-state index contributed by atoms with van der Waals surface area (Å²) >= 11 is 5.36. The first kappa shape index (κ1) is 20.9. The Morgan fingerprint density at radius 3 is 2.44 bits per heavy atom. The third-order valence-corrected chi connectivity index (χ3v) is 4.56. The highest BCUT2D eigenvalue weighted by Gasteiger charge is 2.07. The molecule has 1 heterocycles. The molecule has 5 N–H and O–H groups in total. The fourth-order valence-corrected chi connectivity index (χ4v) is 3.18. The number of amides is 1. The average Bonchev–Trinajstić information content (AvgIpc) is 3.16. The van der Waals surface area contributed by atoms with Crippen molar-refractivity contribution in [3.63, 3.8) is 0 Å². The van der Waals surface area contributed by atoms with Gasteiger partial charge in [-0.3, -0.25) is 5.32 Å². The number of thiocarbonyl (C=S) groups is 1. The van der Waals surface area contributed by atoms with Crippen LogP contribution in [-0.4, -0.2) is 33.4 Å². The molecule has 9 nitrogen and oxygen atoms in total. The topological polar surface area (TPSA) is 121 Å². The van der Waals surface area contributed by atoms with Crippen molar-refractivity contribution < 1.29 is 19.4 Å². The van der Waals surface area contributed by atoms with E-state index in [1.54, 1.807) is 25.3 Å². The number of rotatable bonds is 6. The third kappa shape index (κ3) is 5.24. The lowest BCUT2D eigenvalue weighted by atomic mass is 10.3. The summed E-state index contributed by atoms with van der Waals surface area (Å²) in [5.74, 6) is 2.09. The summed E-state index contributed by atoms with van der Waals surface area (Å²) in [5.41, 5.74) is 2.89. The van der Waals surface area contributed by atoms with Crippen molar-refractivity contribution >= 4 is 51.8 Å². The highest BCUT2D eigenvalue weighted by atomic mass is 32.1. The summed E-state index contributed by atoms with van der Waals surface area (Å²) < 4.78 is 11.1. The molecular weight excluding hydrogens is 430 g/mol. The van der Waals surface area contributed by atoms with Crippen LogP contribution in [0.2, 0.25) is 0 Å². The van der Waals surface area contributed by atoms with Gasteiger partial charge < -0.3 is 30.2 Å². The van der Waals surface area contributed by atoms with Crippen LogP contribution in [0.4, 0.5) is 22.1 Å². The second-order valence-electron chi connectivity index (χ2n) is 6.63. The molecule has 0 fully saturated rings. The van der Waals surface area contributed by atoms with Gasteiger partial charge in [0.2, 0.25) is 5.95 Å². The van der Waals surface area contributed by atoms with Crippen molar-refractivity contribution in [2.45, 2.75) is 0 Å². The van der Waals surface area contributed by atoms with E-state index in [2.05, 4.69) is 25.9 Å². The fraction of sp³-hybridized carbons (Fsp3) is 0.0455. The first-order valence-corrected chi connectivity index (χ1v) is 9.89. The number of methoxy groups -OCH3 is 1. The summed E-state index contributed by atoms with van der Waals surface area (Å²) in [7, 11) is 1.61. The number of nitrogens with zero attached hydrogens (tertiary/aromatic N) is 1. The van der Waals surface area contributed by atoms with Crippen molar-refractivity contribution in [3.05, 3.63) is 66.7 Å². The number of aromatic amines is 1. The maximum absolute atomic E-state index is 10.7. The van der Waals surface area contributed by atoms with Crippen LogP contribution in [0, 0.1) is 0 Å². The lowest BCUT2D eigenvalue weighted by Gasteiger charge is -2.12. The van der Waals surface area contributed by atoms with E-state index in [0.717, 1.165) is 17.1 Å². The van der Waals surface area contributed by atoms with E-state index in [-0.39, 0.29) is 5.95 Å². The van der Waals surface area contributed by atoms with Gasteiger partial charge in [0.05, 0.1) is 18.1 Å². The lowest BCUT2D eigenvalue weighted by molar-refractivity contribution is 0.209. The van der Waals surface area contributed by atoms with Crippen LogP contribution in [0.25, 0.3) is 11.0 Å². The number of imidazole rings is 1. The SMILES string of the molecule is COc1cccc(NC(=S)Nc2ccc(Oc3ccc4[nH]c(NC(=O)O)nc4c3)cc2)c1. The second-order valence-corrected chi connectivity index (χ2v) is 7.04. The first-order chi connectivity index (χ1) is 15.5. The molecule has 0 spiro atoms. The van der Waals surface area contributed by atoms with Gasteiger partial charge in [-0.25, -0.2) is 9.78 Å². The van der Waals surface area contributed by atoms with Crippen LogP contribution < -0.4 is 25.4 Å². The number of nitrogens with one attached hydrogen (secondary N) is 4. The molecule has 0 atom stereocenters. The Balaban J connectivity index is 1.38. The summed E-state index contributed by atoms with van der Waals surface area (Å²) in [5, 5.41) is 17.7. The van der Waals surface area contributed by atoms with Gasteiger partial charge in [0.25, 0.3) is 0 Å². The van der Waals surface area contributed by atoms with Crippen LogP contribution >= 0.6 is 12.2 Å². The van der Waals surface area contributed by atoms with Crippen molar-refractivity contribution in [3.8, 4) is 17.2 Å². The molecule has 0 aliphatic carbocycles. The van der Waals surface area contributed by atoms with Crippen molar-refractivity contribution in [2.75, 3.05) is 23.1 Å². The summed E-state index contributed by atoms with van der Waals surface area (Å²) in [6.07, 6.45) is -1.19. The molecule has 0 unspecified atom stereocenters. The molecule has 0 aliphatic heterocycles. The highest BCUT2D eigenvalue weighted by molar-refractivity contribution is 7.80. The number of carbonyl (C=O) groups is 1. The Kier molecular flexibility index (Phi) is 6.04. The number of carboxylic acid groups (broad SMARTS) is 1. The Morgan fingerprint density at radius 1 is 0.938 bits per heavy atom. The molecule has 4 rings (SSSR count). The minimum atomic E-state index is -1.19. The minimum absolute atomic E-state index is 0.151. The molecule has 1 aromatic heterocycles. The van der Waals surface area contributed by atoms with Gasteiger partial charge in [-0.1, -0.05) is 6.07 Å². The Hall–Kier alpha value is -4.31. The number of H-pyrrole nitrogens is 1. The zero-order chi connectivity index (χ0) is 22.5. The standard InChI is InChI=1S/C22H19N5O4S/c1-30-16-4-2-3-14(11-16)24-21(32)23-13-5-7-15(8-6-13)31-17-9-10-18-19(12-17)26-20(25-18)27-22(28)29/h2-12H,1H3,(H,28,29)(H2,23,24,32)(H2,25,26,27). The maximum Gasteiger partial charge on any atom is 0.411 e. The number of ether oxygens (including phenoxy) is 2.